The lowest BCUT2D eigenvalue weighted by Crippen LogP contribution is -2.31. The Morgan fingerprint density at radius 3 is 2.74 bits per heavy atom. The number of hydrogen-bond acceptors (Lipinski definition) is 2. The molecule has 0 spiro atoms. The third-order valence-corrected chi connectivity index (χ3v) is 4.22. The van der Waals surface area contributed by atoms with Crippen LogP contribution in [0.4, 0.5) is 10.1 Å². The lowest BCUT2D eigenvalue weighted by Gasteiger charge is -2.32. The number of rotatable bonds is 6. The van der Waals surface area contributed by atoms with Crippen molar-refractivity contribution in [3.8, 4) is 0 Å². The molecule has 0 radical (unpaired) electrons. The van der Waals surface area contributed by atoms with Crippen LogP contribution >= 0.6 is 0 Å². The summed E-state index contributed by atoms with van der Waals surface area (Å²) < 4.78 is 13.4. The summed E-state index contributed by atoms with van der Waals surface area (Å²) in [7, 11) is 2.10. The largest absolute Gasteiger partial charge is 0.374 e. The van der Waals surface area contributed by atoms with Crippen LogP contribution in [-0.2, 0) is 6.42 Å². The number of anilines is 1. The van der Waals surface area contributed by atoms with Gasteiger partial charge in [0.05, 0.1) is 0 Å². The van der Waals surface area contributed by atoms with Crippen molar-refractivity contribution >= 4 is 5.69 Å². The highest BCUT2D eigenvalue weighted by atomic mass is 19.1. The molecule has 2 nitrogen and oxygen atoms in total. The second-order valence-corrected chi connectivity index (χ2v) is 5.82. The van der Waals surface area contributed by atoms with Gasteiger partial charge in [-0.1, -0.05) is 13.3 Å². The molecule has 3 heteroatoms. The Morgan fingerprint density at radius 2 is 2.16 bits per heavy atom. The first kappa shape index (κ1) is 14.3. The Bertz CT molecular complexity index is 415. The number of halogens is 1. The quantitative estimate of drug-likeness (QED) is 0.854. The average molecular weight is 264 g/mol. The number of benzene rings is 1. The molecule has 2 N–H and O–H groups in total. The van der Waals surface area contributed by atoms with E-state index in [1.807, 2.05) is 6.07 Å². The summed E-state index contributed by atoms with van der Waals surface area (Å²) in [6, 6.07) is 5.19. The molecule has 1 aromatic rings. The van der Waals surface area contributed by atoms with E-state index >= 15 is 0 Å². The molecule has 1 aliphatic rings. The molecule has 0 aliphatic heterocycles. The molecule has 2 rings (SSSR count). The highest BCUT2D eigenvalue weighted by molar-refractivity contribution is 5.53. The third kappa shape index (κ3) is 3.69. The van der Waals surface area contributed by atoms with Crippen molar-refractivity contribution in [2.75, 3.05) is 18.5 Å². The molecular formula is C16H25FN2. The van der Waals surface area contributed by atoms with Crippen LogP contribution in [0.1, 0.15) is 38.2 Å². The van der Waals surface area contributed by atoms with Gasteiger partial charge in [-0.3, -0.25) is 0 Å². The van der Waals surface area contributed by atoms with Gasteiger partial charge < -0.3 is 10.6 Å². The van der Waals surface area contributed by atoms with E-state index in [9.17, 15) is 4.39 Å². The van der Waals surface area contributed by atoms with Crippen LogP contribution in [0.2, 0.25) is 0 Å². The molecule has 1 fully saturated rings. The van der Waals surface area contributed by atoms with Crippen molar-refractivity contribution in [3.05, 3.63) is 29.6 Å². The van der Waals surface area contributed by atoms with Crippen molar-refractivity contribution in [2.45, 2.75) is 45.1 Å². The summed E-state index contributed by atoms with van der Waals surface area (Å²) in [5.74, 6) is 0.641. The molecule has 0 bridgehead atoms. The standard InChI is InChI=1S/C16H25FN2/c1-3-15(18)10-13-9-14(17)7-8-16(13)19(2)11-12-5-4-6-12/h7-9,12,15H,3-6,10-11,18H2,1-2H3. The molecule has 0 saturated heterocycles. The molecule has 1 aliphatic carbocycles. The van der Waals surface area contributed by atoms with E-state index in [-0.39, 0.29) is 11.9 Å². The van der Waals surface area contributed by atoms with Crippen molar-refractivity contribution in [1.29, 1.82) is 0 Å². The first-order chi connectivity index (χ1) is 9.10. The molecule has 1 saturated carbocycles. The highest BCUT2D eigenvalue weighted by Gasteiger charge is 2.20. The van der Waals surface area contributed by atoms with Crippen LogP contribution in [0.25, 0.3) is 0 Å². The monoisotopic (exact) mass is 264 g/mol. The summed E-state index contributed by atoms with van der Waals surface area (Å²) in [6.07, 6.45) is 5.68. The maximum atomic E-state index is 13.4. The minimum absolute atomic E-state index is 0.109. The fourth-order valence-electron chi connectivity index (χ4n) is 2.68. The van der Waals surface area contributed by atoms with Crippen LogP contribution < -0.4 is 10.6 Å². The van der Waals surface area contributed by atoms with E-state index in [1.54, 1.807) is 12.1 Å². The van der Waals surface area contributed by atoms with E-state index < -0.39 is 0 Å². The van der Waals surface area contributed by atoms with Gasteiger partial charge >= 0.3 is 0 Å². The number of nitrogens with zero attached hydrogens (tertiary/aromatic N) is 1. The predicted molar refractivity (Wildman–Crippen MR) is 79.0 cm³/mol. The molecule has 0 heterocycles. The van der Waals surface area contributed by atoms with Crippen LogP contribution in [-0.4, -0.2) is 19.6 Å². The van der Waals surface area contributed by atoms with Gasteiger partial charge in [-0.15, -0.1) is 0 Å². The highest BCUT2D eigenvalue weighted by Crippen LogP contribution is 2.30. The Labute approximate surface area is 115 Å². The first-order valence-electron chi connectivity index (χ1n) is 7.35. The summed E-state index contributed by atoms with van der Waals surface area (Å²) in [4.78, 5) is 2.26. The Hall–Kier alpha value is -1.09. The molecule has 106 valence electrons. The van der Waals surface area contributed by atoms with Crippen LogP contribution in [0, 0.1) is 11.7 Å². The van der Waals surface area contributed by atoms with Gasteiger partial charge in [0.1, 0.15) is 5.82 Å². The number of hydrogen-bond donors (Lipinski definition) is 1. The summed E-state index contributed by atoms with van der Waals surface area (Å²) >= 11 is 0. The van der Waals surface area contributed by atoms with E-state index in [1.165, 1.54) is 19.3 Å². The Balaban J connectivity index is 2.12. The molecular weight excluding hydrogens is 239 g/mol. The van der Waals surface area contributed by atoms with Crippen molar-refractivity contribution in [3.63, 3.8) is 0 Å². The summed E-state index contributed by atoms with van der Waals surface area (Å²) in [5, 5.41) is 0. The van der Waals surface area contributed by atoms with Gasteiger partial charge in [-0.25, -0.2) is 4.39 Å². The van der Waals surface area contributed by atoms with Crippen molar-refractivity contribution in [1.82, 2.24) is 0 Å². The van der Waals surface area contributed by atoms with Crippen LogP contribution in [0.15, 0.2) is 18.2 Å². The van der Waals surface area contributed by atoms with Crippen molar-refractivity contribution < 1.29 is 4.39 Å². The van der Waals surface area contributed by atoms with Gasteiger partial charge in [-0.05, 0) is 55.4 Å². The molecule has 1 aromatic carbocycles. The second kappa shape index (κ2) is 6.38. The maximum absolute atomic E-state index is 13.4. The first-order valence-corrected chi connectivity index (χ1v) is 7.35. The smallest absolute Gasteiger partial charge is 0.123 e. The normalized spacial score (nSPS) is 17.1. The van der Waals surface area contributed by atoms with Gasteiger partial charge in [0, 0.05) is 25.3 Å². The van der Waals surface area contributed by atoms with Gasteiger partial charge in [-0.2, -0.15) is 0 Å². The molecule has 1 unspecified atom stereocenters. The zero-order chi connectivity index (χ0) is 13.8. The third-order valence-electron chi connectivity index (χ3n) is 4.22. The topological polar surface area (TPSA) is 29.3 Å². The lowest BCUT2D eigenvalue weighted by atomic mass is 9.85. The molecule has 0 aromatic heterocycles. The maximum Gasteiger partial charge on any atom is 0.123 e. The van der Waals surface area contributed by atoms with Gasteiger partial charge in [0.25, 0.3) is 0 Å². The van der Waals surface area contributed by atoms with E-state index in [2.05, 4.69) is 18.9 Å². The SMILES string of the molecule is CCC(N)Cc1cc(F)ccc1N(C)CC1CCC1. The lowest BCUT2D eigenvalue weighted by molar-refractivity contribution is 0.321. The average Bonchev–Trinajstić information content (AvgIpc) is 2.33. The fraction of sp³-hybridized carbons (Fsp3) is 0.625. The summed E-state index contributed by atoms with van der Waals surface area (Å²) in [6.45, 7) is 3.14. The van der Waals surface area contributed by atoms with Gasteiger partial charge in [0.15, 0.2) is 0 Å². The zero-order valence-electron chi connectivity index (χ0n) is 12.0. The molecule has 1 atom stereocenters. The van der Waals surface area contributed by atoms with E-state index in [0.717, 1.165) is 36.6 Å². The Kier molecular flexibility index (Phi) is 4.81. The molecule has 0 amide bonds. The zero-order valence-corrected chi connectivity index (χ0v) is 12.0. The van der Waals surface area contributed by atoms with Crippen LogP contribution in [0.5, 0.6) is 0 Å². The minimum Gasteiger partial charge on any atom is -0.374 e. The van der Waals surface area contributed by atoms with E-state index in [4.69, 9.17) is 5.73 Å². The van der Waals surface area contributed by atoms with E-state index in [0.29, 0.717) is 0 Å². The summed E-state index contributed by atoms with van der Waals surface area (Å²) in [5.41, 5.74) is 8.20. The van der Waals surface area contributed by atoms with Gasteiger partial charge in [0.2, 0.25) is 0 Å². The predicted octanol–water partition coefficient (Wildman–Crippen LogP) is 3.34. The van der Waals surface area contributed by atoms with Crippen molar-refractivity contribution in [2.24, 2.45) is 11.7 Å². The Morgan fingerprint density at radius 1 is 1.42 bits per heavy atom. The van der Waals surface area contributed by atoms with Crippen LogP contribution in [0.3, 0.4) is 0 Å². The molecule has 19 heavy (non-hydrogen) atoms. The minimum atomic E-state index is -0.168. The fourth-order valence-corrected chi connectivity index (χ4v) is 2.68. The second-order valence-electron chi connectivity index (χ2n) is 5.82. The number of nitrogens with two attached hydrogens (primary N) is 1.